The molecule has 0 saturated carbocycles. The predicted molar refractivity (Wildman–Crippen MR) is 79.8 cm³/mol. The van der Waals surface area contributed by atoms with E-state index in [4.69, 9.17) is 4.74 Å². The molecular formula is C15H16F3N3O3. The van der Waals surface area contributed by atoms with Crippen molar-refractivity contribution in [2.24, 2.45) is 7.05 Å². The van der Waals surface area contributed by atoms with Crippen molar-refractivity contribution < 1.29 is 17.9 Å². The van der Waals surface area contributed by atoms with Gasteiger partial charge in [0.1, 0.15) is 11.3 Å². The average molecular weight is 343 g/mol. The van der Waals surface area contributed by atoms with Crippen LogP contribution in [-0.2, 0) is 24.5 Å². The Labute approximate surface area is 134 Å². The van der Waals surface area contributed by atoms with E-state index in [1.54, 1.807) is 0 Å². The zero-order valence-electron chi connectivity index (χ0n) is 13.0. The van der Waals surface area contributed by atoms with Gasteiger partial charge >= 0.3 is 11.9 Å². The summed E-state index contributed by atoms with van der Waals surface area (Å²) < 4.78 is 45.9. The summed E-state index contributed by atoms with van der Waals surface area (Å²) in [6.07, 6.45) is -2.27. The molecule has 2 aromatic rings. The Kier molecular flexibility index (Phi) is 4.20. The van der Waals surface area contributed by atoms with E-state index < -0.39 is 23.1 Å². The number of ether oxygens (including phenoxy) is 1. The van der Waals surface area contributed by atoms with E-state index in [0.717, 1.165) is 40.5 Å². The Bertz CT molecular complexity index is 880. The number of pyridine rings is 1. The summed E-state index contributed by atoms with van der Waals surface area (Å²) >= 11 is 0. The smallest absolute Gasteiger partial charge is 0.376 e. The van der Waals surface area contributed by atoms with E-state index in [1.807, 2.05) is 0 Å². The third-order valence-electron chi connectivity index (χ3n) is 4.14. The first-order valence-corrected chi connectivity index (χ1v) is 7.58. The third-order valence-corrected chi connectivity index (χ3v) is 4.14. The standard InChI is InChI=1S/C15H16F3N3O3/c1-20-12-10(5-6-11(19-12)15(16,17)18)13(22)21(14(20)23)8-9-4-2-3-7-24-9/h5-6,9H,2-4,7-8H2,1H3/t9-/m1/s1. The monoisotopic (exact) mass is 343 g/mol. The lowest BCUT2D eigenvalue weighted by molar-refractivity contribution is -0.141. The highest BCUT2D eigenvalue weighted by Gasteiger charge is 2.33. The molecule has 0 radical (unpaired) electrons. The van der Waals surface area contributed by atoms with E-state index >= 15 is 0 Å². The number of hydrogen-bond acceptors (Lipinski definition) is 4. The topological polar surface area (TPSA) is 66.1 Å². The van der Waals surface area contributed by atoms with Crippen molar-refractivity contribution in [1.82, 2.24) is 14.1 Å². The SMILES string of the molecule is Cn1c(=O)n(C[C@H]2CCCCO2)c(=O)c2ccc(C(F)(F)F)nc21. The van der Waals surface area contributed by atoms with E-state index in [0.29, 0.717) is 6.61 Å². The lowest BCUT2D eigenvalue weighted by Crippen LogP contribution is -2.43. The maximum absolute atomic E-state index is 12.8. The number of halogens is 3. The van der Waals surface area contributed by atoms with Crippen molar-refractivity contribution >= 4 is 11.0 Å². The second-order valence-electron chi connectivity index (χ2n) is 5.81. The molecule has 9 heteroatoms. The number of hydrogen-bond donors (Lipinski definition) is 0. The third kappa shape index (κ3) is 2.95. The fourth-order valence-electron chi connectivity index (χ4n) is 2.85. The van der Waals surface area contributed by atoms with Gasteiger partial charge in [0.15, 0.2) is 0 Å². The number of aryl methyl sites for hydroxylation is 1. The zero-order chi connectivity index (χ0) is 17.5. The molecule has 1 saturated heterocycles. The van der Waals surface area contributed by atoms with Gasteiger partial charge in [-0.05, 0) is 31.4 Å². The Morgan fingerprint density at radius 3 is 2.67 bits per heavy atom. The van der Waals surface area contributed by atoms with Gasteiger partial charge in [0.2, 0.25) is 0 Å². The van der Waals surface area contributed by atoms with Crippen LogP contribution in [0.2, 0.25) is 0 Å². The molecule has 24 heavy (non-hydrogen) atoms. The first-order chi connectivity index (χ1) is 11.3. The van der Waals surface area contributed by atoms with Gasteiger partial charge in [-0.2, -0.15) is 13.2 Å². The first kappa shape index (κ1) is 16.7. The molecule has 0 aromatic carbocycles. The summed E-state index contributed by atoms with van der Waals surface area (Å²) in [6.45, 7) is 0.659. The summed E-state index contributed by atoms with van der Waals surface area (Å²) in [6, 6.07) is 1.81. The Morgan fingerprint density at radius 1 is 1.29 bits per heavy atom. The van der Waals surface area contributed by atoms with Crippen LogP contribution >= 0.6 is 0 Å². The molecule has 3 heterocycles. The molecule has 0 spiro atoms. The van der Waals surface area contributed by atoms with Gasteiger partial charge in [0.05, 0.1) is 18.0 Å². The van der Waals surface area contributed by atoms with E-state index in [9.17, 15) is 22.8 Å². The van der Waals surface area contributed by atoms with E-state index in [2.05, 4.69) is 4.98 Å². The summed E-state index contributed by atoms with van der Waals surface area (Å²) in [5, 5.41) is -0.0269. The van der Waals surface area contributed by atoms with Gasteiger partial charge in [-0.15, -0.1) is 0 Å². The van der Waals surface area contributed by atoms with Crippen molar-refractivity contribution in [3.8, 4) is 0 Å². The largest absolute Gasteiger partial charge is 0.433 e. The second-order valence-corrected chi connectivity index (χ2v) is 5.81. The van der Waals surface area contributed by atoms with Gasteiger partial charge in [-0.3, -0.25) is 13.9 Å². The molecule has 3 rings (SSSR count). The van der Waals surface area contributed by atoms with Crippen LogP contribution in [0.5, 0.6) is 0 Å². The molecule has 0 aliphatic carbocycles. The zero-order valence-corrected chi connectivity index (χ0v) is 13.0. The molecule has 0 unspecified atom stereocenters. The molecule has 1 aliphatic rings. The highest BCUT2D eigenvalue weighted by molar-refractivity contribution is 5.74. The van der Waals surface area contributed by atoms with Crippen molar-refractivity contribution in [3.05, 3.63) is 38.7 Å². The number of fused-ring (bicyclic) bond motifs is 1. The van der Waals surface area contributed by atoms with Crippen molar-refractivity contribution in [1.29, 1.82) is 0 Å². The summed E-state index contributed by atoms with van der Waals surface area (Å²) in [5.41, 5.74) is -2.77. The molecule has 1 fully saturated rings. The minimum atomic E-state index is -4.64. The lowest BCUT2D eigenvalue weighted by atomic mass is 10.1. The summed E-state index contributed by atoms with van der Waals surface area (Å²) in [4.78, 5) is 28.3. The minimum absolute atomic E-state index is 0.0269. The van der Waals surface area contributed by atoms with E-state index in [1.165, 1.54) is 7.05 Å². The fraction of sp³-hybridized carbons (Fsp3) is 0.533. The van der Waals surface area contributed by atoms with Crippen LogP contribution in [0.3, 0.4) is 0 Å². The number of aromatic nitrogens is 3. The average Bonchev–Trinajstić information content (AvgIpc) is 2.56. The molecule has 0 amide bonds. The maximum Gasteiger partial charge on any atom is 0.433 e. The van der Waals surface area contributed by atoms with Crippen molar-refractivity contribution in [3.63, 3.8) is 0 Å². The molecular weight excluding hydrogens is 327 g/mol. The highest BCUT2D eigenvalue weighted by Crippen LogP contribution is 2.28. The van der Waals surface area contributed by atoms with Crippen LogP contribution in [0.1, 0.15) is 25.0 Å². The first-order valence-electron chi connectivity index (χ1n) is 7.58. The normalized spacial score (nSPS) is 18.9. The molecule has 2 aromatic heterocycles. The van der Waals surface area contributed by atoms with Crippen molar-refractivity contribution in [2.75, 3.05) is 6.61 Å². The second kappa shape index (κ2) is 6.04. The van der Waals surface area contributed by atoms with Crippen LogP contribution < -0.4 is 11.2 Å². The summed E-state index contributed by atoms with van der Waals surface area (Å²) in [5.74, 6) is 0. The number of nitrogens with zero attached hydrogens (tertiary/aromatic N) is 3. The summed E-state index contributed by atoms with van der Waals surface area (Å²) in [7, 11) is 1.30. The lowest BCUT2D eigenvalue weighted by Gasteiger charge is -2.23. The van der Waals surface area contributed by atoms with Crippen LogP contribution in [0, 0.1) is 0 Å². The molecule has 1 aliphatic heterocycles. The van der Waals surface area contributed by atoms with Gasteiger partial charge in [0.25, 0.3) is 5.56 Å². The van der Waals surface area contributed by atoms with Crippen LogP contribution in [-0.4, -0.2) is 26.8 Å². The Hall–Kier alpha value is -2.16. The minimum Gasteiger partial charge on any atom is -0.376 e. The van der Waals surface area contributed by atoms with Gasteiger partial charge in [-0.1, -0.05) is 0 Å². The van der Waals surface area contributed by atoms with Gasteiger partial charge < -0.3 is 4.74 Å². The van der Waals surface area contributed by atoms with Gasteiger partial charge in [-0.25, -0.2) is 9.78 Å². The van der Waals surface area contributed by atoms with Crippen molar-refractivity contribution in [2.45, 2.75) is 38.1 Å². The van der Waals surface area contributed by atoms with Crippen LogP contribution in [0.15, 0.2) is 21.7 Å². The molecule has 1 atom stereocenters. The van der Waals surface area contributed by atoms with Crippen LogP contribution in [0.25, 0.3) is 11.0 Å². The number of alkyl halides is 3. The molecule has 0 bridgehead atoms. The molecule has 6 nitrogen and oxygen atoms in total. The Balaban J connectivity index is 2.12. The highest BCUT2D eigenvalue weighted by atomic mass is 19.4. The number of rotatable bonds is 2. The molecule has 130 valence electrons. The Morgan fingerprint density at radius 2 is 2.04 bits per heavy atom. The fourth-order valence-corrected chi connectivity index (χ4v) is 2.85. The maximum atomic E-state index is 12.8. The molecule has 0 N–H and O–H groups in total. The van der Waals surface area contributed by atoms with Crippen LogP contribution in [0.4, 0.5) is 13.2 Å². The van der Waals surface area contributed by atoms with Gasteiger partial charge in [0, 0.05) is 13.7 Å². The van der Waals surface area contributed by atoms with E-state index in [-0.39, 0.29) is 23.7 Å². The quantitative estimate of drug-likeness (QED) is 0.832. The predicted octanol–water partition coefficient (Wildman–Crippen LogP) is 1.68.